The van der Waals surface area contributed by atoms with Crippen LogP contribution in [0.4, 0.5) is 18.9 Å². The van der Waals surface area contributed by atoms with Crippen molar-refractivity contribution in [2.24, 2.45) is 0 Å². The lowest BCUT2D eigenvalue weighted by Gasteiger charge is -2.12. The van der Waals surface area contributed by atoms with Crippen molar-refractivity contribution in [3.63, 3.8) is 0 Å². The van der Waals surface area contributed by atoms with Crippen molar-refractivity contribution in [3.05, 3.63) is 16.0 Å². The molecule has 1 aromatic heterocycles. The van der Waals surface area contributed by atoms with Gasteiger partial charge in [0.05, 0.1) is 11.9 Å². The zero-order chi connectivity index (χ0) is 10.8. The molecule has 78 valence electrons. The van der Waals surface area contributed by atoms with Crippen molar-refractivity contribution in [1.82, 2.24) is 4.98 Å². The summed E-state index contributed by atoms with van der Waals surface area (Å²) >= 11 is 1.80. The predicted molar refractivity (Wildman–Crippen MR) is 53.2 cm³/mol. The van der Waals surface area contributed by atoms with Gasteiger partial charge in [-0.05, 0) is 22.6 Å². The second kappa shape index (κ2) is 4.20. The summed E-state index contributed by atoms with van der Waals surface area (Å²) in [6, 6.07) is 1.21. The lowest BCUT2D eigenvalue weighted by atomic mass is 10.4. The van der Waals surface area contributed by atoms with Gasteiger partial charge in [0.2, 0.25) is 0 Å². The Hall–Kier alpha value is -0.730. The first-order valence-corrected chi connectivity index (χ1v) is 4.59. The molecule has 1 aromatic rings. The molecule has 0 aromatic carbocycles. The van der Waals surface area contributed by atoms with Crippen LogP contribution in [0.1, 0.15) is 0 Å². The molecular weight excluding hydrogens is 312 g/mol. The molecule has 3 nitrogen and oxygen atoms in total. The van der Waals surface area contributed by atoms with E-state index in [1.54, 1.807) is 22.6 Å². The number of ether oxygens (including phenoxy) is 1. The molecule has 0 bridgehead atoms. The largest absolute Gasteiger partial charge is 0.573 e. The standard InChI is InChI=1S/C7H6F3IN2O/c1-12-4-3-13-6(11)2-5(4)14-7(8,9)10/h2-3,12H,1H3. The first-order valence-electron chi connectivity index (χ1n) is 3.51. The second-order valence-electron chi connectivity index (χ2n) is 2.30. The highest BCUT2D eigenvalue weighted by Gasteiger charge is 2.32. The number of nitrogens with one attached hydrogen (secondary N) is 1. The highest BCUT2D eigenvalue weighted by Crippen LogP contribution is 2.30. The fourth-order valence-electron chi connectivity index (χ4n) is 0.810. The Kier molecular flexibility index (Phi) is 3.40. The molecule has 0 atom stereocenters. The Bertz CT molecular complexity index is 329. The topological polar surface area (TPSA) is 34.2 Å². The third-order valence-electron chi connectivity index (χ3n) is 1.33. The monoisotopic (exact) mass is 318 g/mol. The molecule has 1 rings (SSSR count). The van der Waals surface area contributed by atoms with Crippen LogP contribution in [0.25, 0.3) is 0 Å². The number of nitrogens with zero attached hydrogens (tertiary/aromatic N) is 1. The minimum atomic E-state index is -4.68. The number of hydrogen-bond acceptors (Lipinski definition) is 3. The maximum absolute atomic E-state index is 11.9. The maximum atomic E-state index is 11.9. The molecule has 0 fully saturated rings. The molecule has 0 aliphatic carbocycles. The van der Waals surface area contributed by atoms with Crippen molar-refractivity contribution < 1.29 is 17.9 Å². The third kappa shape index (κ3) is 3.20. The smallest absolute Gasteiger partial charge is 0.403 e. The van der Waals surface area contributed by atoms with Crippen molar-refractivity contribution in [3.8, 4) is 5.75 Å². The third-order valence-corrected chi connectivity index (χ3v) is 1.92. The number of halogens is 4. The van der Waals surface area contributed by atoms with Gasteiger partial charge in [0, 0.05) is 13.1 Å². The number of rotatable bonds is 2. The van der Waals surface area contributed by atoms with E-state index in [-0.39, 0.29) is 11.4 Å². The number of pyridine rings is 1. The fraction of sp³-hybridized carbons (Fsp3) is 0.286. The van der Waals surface area contributed by atoms with E-state index >= 15 is 0 Å². The van der Waals surface area contributed by atoms with E-state index in [9.17, 15) is 13.2 Å². The second-order valence-corrected chi connectivity index (χ2v) is 3.41. The molecule has 1 N–H and O–H groups in total. The molecular formula is C7H6F3IN2O. The van der Waals surface area contributed by atoms with Crippen LogP contribution in [-0.4, -0.2) is 18.4 Å². The zero-order valence-corrected chi connectivity index (χ0v) is 9.18. The van der Waals surface area contributed by atoms with E-state index in [1.165, 1.54) is 19.3 Å². The summed E-state index contributed by atoms with van der Waals surface area (Å²) in [5.41, 5.74) is 0.197. The first-order chi connectivity index (χ1) is 6.42. The Morgan fingerprint density at radius 1 is 1.50 bits per heavy atom. The number of aromatic nitrogens is 1. The van der Waals surface area contributed by atoms with Crippen LogP contribution in [0.3, 0.4) is 0 Å². The molecule has 0 aliphatic heterocycles. The van der Waals surface area contributed by atoms with Gasteiger partial charge in [-0.25, -0.2) is 4.98 Å². The first kappa shape index (κ1) is 11.3. The molecule has 0 saturated heterocycles. The van der Waals surface area contributed by atoms with Crippen LogP contribution in [0.2, 0.25) is 0 Å². The van der Waals surface area contributed by atoms with Gasteiger partial charge in [-0.1, -0.05) is 0 Å². The van der Waals surface area contributed by atoms with E-state index in [2.05, 4.69) is 15.0 Å². The average Bonchev–Trinajstić information content (AvgIpc) is 2.01. The van der Waals surface area contributed by atoms with Crippen LogP contribution in [-0.2, 0) is 0 Å². The molecule has 0 amide bonds. The quantitative estimate of drug-likeness (QED) is 0.672. The molecule has 0 saturated carbocycles. The van der Waals surface area contributed by atoms with Crippen molar-refractivity contribution in [2.45, 2.75) is 6.36 Å². The summed E-state index contributed by atoms with van der Waals surface area (Å²) in [7, 11) is 1.49. The Labute approximate surface area is 91.8 Å². The molecule has 0 unspecified atom stereocenters. The lowest BCUT2D eigenvalue weighted by molar-refractivity contribution is -0.274. The van der Waals surface area contributed by atoms with E-state index < -0.39 is 6.36 Å². The Morgan fingerprint density at radius 2 is 2.14 bits per heavy atom. The maximum Gasteiger partial charge on any atom is 0.573 e. The van der Waals surface area contributed by atoms with Gasteiger partial charge in [0.25, 0.3) is 0 Å². The van der Waals surface area contributed by atoms with Gasteiger partial charge in [0.15, 0.2) is 5.75 Å². The van der Waals surface area contributed by atoms with E-state index in [4.69, 9.17) is 0 Å². The van der Waals surface area contributed by atoms with Crippen LogP contribution in [0, 0.1) is 3.70 Å². The molecule has 7 heteroatoms. The van der Waals surface area contributed by atoms with Gasteiger partial charge >= 0.3 is 6.36 Å². The number of alkyl halides is 3. The van der Waals surface area contributed by atoms with Gasteiger partial charge in [-0.15, -0.1) is 13.2 Å². The summed E-state index contributed by atoms with van der Waals surface area (Å²) in [6.45, 7) is 0. The van der Waals surface area contributed by atoms with Crippen molar-refractivity contribution >= 4 is 28.3 Å². The van der Waals surface area contributed by atoms with Crippen molar-refractivity contribution in [2.75, 3.05) is 12.4 Å². The van der Waals surface area contributed by atoms with Crippen LogP contribution >= 0.6 is 22.6 Å². The molecule has 1 heterocycles. The Balaban J connectivity index is 2.99. The van der Waals surface area contributed by atoms with E-state index in [1.807, 2.05) is 0 Å². The van der Waals surface area contributed by atoms with Gasteiger partial charge in [-0.3, -0.25) is 0 Å². The fourth-order valence-corrected chi connectivity index (χ4v) is 1.23. The number of hydrogen-bond donors (Lipinski definition) is 1. The average molecular weight is 318 g/mol. The SMILES string of the molecule is CNc1cnc(I)cc1OC(F)(F)F. The van der Waals surface area contributed by atoms with Crippen LogP contribution in [0.15, 0.2) is 12.3 Å². The summed E-state index contributed by atoms with van der Waals surface area (Å²) in [5, 5.41) is 2.55. The van der Waals surface area contributed by atoms with Crippen LogP contribution < -0.4 is 10.1 Å². The summed E-state index contributed by atoms with van der Waals surface area (Å²) in [6.07, 6.45) is -3.40. The molecule has 14 heavy (non-hydrogen) atoms. The summed E-state index contributed by atoms with van der Waals surface area (Å²) in [4.78, 5) is 3.82. The molecule has 0 aliphatic rings. The lowest BCUT2D eigenvalue weighted by Crippen LogP contribution is -2.18. The highest BCUT2D eigenvalue weighted by molar-refractivity contribution is 14.1. The molecule has 0 radical (unpaired) electrons. The van der Waals surface area contributed by atoms with Crippen molar-refractivity contribution in [1.29, 1.82) is 0 Å². The van der Waals surface area contributed by atoms with Gasteiger partial charge in [-0.2, -0.15) is 0 Å². The minimum Gasteiger partial charge on any atom is -0.403 e. The summed E-state index contributed by atoms with van der Waals surface area (Å²) < 4.78 is 40.0. The van der Waals surface area contributed by atoms with E-state index in [0.29, 0.717) is 3.70 Å². The predicted octanol–water partition coefficient (Wildman–Crippen LogP) is 2.63. The molecule has 0 spiro atoms. The van der Waals surface area contributed by atoms with Crippen LogP contribution in [0.5, 0.6) is 5.75 Å². The highest BCUT2D eigenvalue weighted by atomic mass is 127. The van der Waals surface area contributed by atoms with Gasteiger partial charge in [0.1, 0.15) is 3.70 Å². The normalized spacial score (nSPS) is 11.2. The minimum absolute atomic E-state index is 0.197. The zero-order valence-electron chi connectivity index (χ0n) is 7.02. The van der Waals surface area contributed by atoms with Gasteiger partial charge < -0.3 is 10.1 Å². The van der Waals surface area contributed by atoms with E-state index in [0.717, 1.165) is 0 Å². The Morgan fingerprint density at radius 3 is 2.64 bits per heavy atom. The summed E-state index contributed by atoms with van der Waals surface area (Å²) in [5.74, 6) is -0.278. The number of anilines is 1.